The molecule has 0 fully saturated rings. The number of hydrogen-bond donors (Lipinski definition) is 1. The molecule has 15 heavy (non-hydrogen) atoms. The third-order valence-electron chi connectivity index (χ3n) is 2.16. The molecule has 4 nitrogen and oxygen atoms in total. The molecule has 0 aliphatic rings. The fourth-order valence-corrected chi connectivity index (χ4v) is 1.39. The third kappa shape index (κ3) is 2.22. The van der Waals surface area contributed by atoms with E-state index in [1.807, 2.05) is 24.3 Å². The van der Waals surface area contributed by atoms with Crippen molar-refractivity contribution in [3.8, 4) is 11.5 Å². The molecule has 4 heteroatoms. The Morgan fingerprint density at radius 1 is 1.27 bits per heavy atom. The van der Waals surface area contributed by atoms with Gasteiger partial charge in [0.2, 0.25) is 0 Å². The van der Waals surface area contributed by atoms with Crippen LogP contribution in [0.3, 0.4) is 0 Å². The molecule has 78 valence electrons. The Morgan fingerprint density at radius 2 is 2.00 bits per heavy atom. The van der Waals surface area contributed by atoms with Crippen LogP contribution < -0.4 is 5.73 Å². The Labute approximate surface area is 88.1 Å². The number of nitrogens with zero attached hydrogens (tertiary/aromatic N) is 2. The summed E-state index contributed by atoms with van der Waals surface area (Å²) in [5.41, 5.74) is 7.63. The maximum atomic E-state index is 5.47. The molecular formula is C11H13N3O. The van der Waals surface area contributed by atoms with Crippen molar-refractivity contribution < 1.29 is 4.52 Å². The summed E-state index contributed by atoms with van der Waals surface area (Å²) >= 11 is 0. The molecule has 0 radical (unpaired) electrons. The van der Waals surface area contributed by atoms with Crippen LogP contribution in [0.2, 0.25) is 0 Å². The average molecular weight is 203 g/mol. The minimum Gasteiger partial charge on any atom is -0.334 e. The van der Waals surface area contributed by atoms with Crippen molar-refractivity contribution in [1.29, 1.82) is 0 Å². The van der Waals surface area contributed by atoms with Crippen LogP contribution in [0.1, 0.15) is 11.4 Å². The van der Waals surface area contributed by atoms with E-state index in [2.05, 4.69) is 10.1 Å². The molecule has 2 rings (SSSR count). The second-order valence-electron chi connectivity index (χ2n) is 3.38. The van der Waals surface area contributed by atoms with Crippen molar-refractivity contribution in [3.63, 3.8) is 0 Å². The van der Waals surface area contributed by atoms with E-state index in [9.17, 15) is 0 Å². The summed E-state index contributed by atoms with van der Waals surface area (Å²) in [4.78, 5) is 4.15. The summed E-state index contributed by atoms with van der Waals surface area (Å²) in [7, 11) is 0. The van der Waals surface area contributed by atoms with E-state index in [-0.39, 0.29) is 0 Å². The van der Waals surface area contributed by atoms with Crippen molar-refractivity contribution in [3.05, 3.63) is 35.7 Å². The maximum Gasteiger partial charge on any atom is 0.257 e. The SMILES string of the molecule is Cc1noc(-c2ccc(CCN)cc2)n1. The molecule has 0 spiro atoms. The van der Waals surface area contributed by atoms with Crippen LogP contribution in [0.5, 0.6) is 0 Å². The van der Waals surface area contributed by atoms with Crippen LogP contribution in [0, 0.1) is 6.92 Å². The van der Waals surface area contributed by atoms with Crippen LogP contribution in [0.15, 0.2) is 28.8 Å². The van der Waals surface area contributed by atoms with E-state index in [1.165, 1.54) is 5.56 Å². The first kappa shape index (κ1) is 9.86. The average Bonchev–Trinajstić information content (AvgIpc) is 2.67. The first-order valence-corrected chi connectivity index (χ1v) is 4.89. The first-order valence-electron chi connectivity index (χ1n) is 4.89. The molecule has 1 heterocycles. The molecule has 0 atom stereocenters. The molecule has 0 unspecified atom stereocenters. The van der Waals surface area contributed by atoms with E-state index in [4.69, 9.17) is 10.3 Å². The number of nitrogens with two attached hydrogens (primary N) is 1. The van der Waals surface area contributed by atoms with Crippen molar-refractivity contribution in [2.45, 2.75) is 13.3 Å². The summed E-state index contributed by atoms with van der Waals surface area (Å²) in [5.74, 6) is 1.21. The predicted molar refractivity (Wildman–Crippen MR) is 57.2 cm³/mol. The highest BCUT2D eigenvalue weighted by atomic mass is 16.5. The Hall–Kier alpha value is -1.68. The summed E-state index contributed by atoms with van der Waals surface area (Å²) in [6.07, 6.45) is 0.892. The highest BCUT2D eigenvalue weighted by Gasteiger charge is 2.05. The van der Waals surface area contributed by atoms with Gasteiger partial charge in [0.1, 0.15) is 0 Å². The number of aromatic nitrogens is 2. The van der Waals surface area contributed by atoms with Crippen molar-refractivity contribution >= 4 is 0 Å². The monoisotopic (exact) mass is 203 g/mol. The molecule has 0 saturated heterocycles. The zero-order valence-electron chi connectivity index (χ0n) is 8.60. The highest BCUT2D eigenvalue weighted by Crippen LogP contribution is 2.17. The lowest BCUT2D eigenvalue weighted by Gasteiger charge is -1.98. The second-order valence-corrected chi connectivity index (χ2v) is 3.38. The van der Waals surface area contributed by atoms with Crippen LogP contribution in [-0.4, -0.2) is 16.7 Å². The van der Waals surface area contributed by atoms with Crippen LogP contribution in [-0.2, 0) is 6.42 Å². The Kier molecular flexibility index (Phi) is 2.78. The largest absolute Gasteiger partial charge is 0.334 e. The highest BCUT2D eigenvalue weighted by molar-refractivity contribution is 5.53. The lowest BCUT2D eigenvalue weighted by Crippen LogP contribution is -2.02. The third-order valence-corrected chi connectivity index (χ3v) is 2.16. The van der Waals surface area contributed by atoms with Gasteiger partial charge >= 0.3 is 0 Å². The maximum absolute atomic E-state index is 5.47. The molecule has 2 aromatic rings. The topological polar surface area (TPSA) is 64.9 Å². The van der Waals surface area contributed by atoms with E-state index in [0.29, 0.717) is 18.3 Å². The molecule has 1 aromatic carbocycles. The Morgan fingerprint density at radius 3 is 2.53 bits per heavy atom. The zero-order chi connectivity index (χ0) is 10.7. The van der Waals surface area contributed by atoms with Gasteiger partial charge in [-0.15, -0.1) is 0 Å². The normalized spacial score (nSPS) is 10.5. The molecule has 0 saturated carbocycles. The summed E-state index contributed by atoms with van der Waals surface area (Å²) in [6.45, 7) is 2.47. The number of aryl methyl sites for hydroxylation is 1. The fourth-order valence-electron chi connectivity index (χ4n) is 1.39. The summed E-state index contributed by atoms with van der Waals surface area (Å²) < 4.78 is 5.06. The van der Waals surface area contributed by atoms with E-state index in [0.717, 1.165) is 12.0 Å². The molecule has 0 aliphatic heterocycles. The van der Waals surface area contributed by atoms with Gasteiger partial charge in [-0.25, -0.2) is 0 Å². The van der Waals surface area contributed by atoms with Crippen LogP contribution in [0.4, 0.5) is 0 Å². The molecule has 2 N–H and O–H groups in total. The second kappa shape index (κ2) is 4.23. The molecular weight excluding hydrogens is 190 g/mol. The molecule has 0 aliphatic carbocycles. The van der Waals surface area contributed by atoms with Gasteiger partial charge in [-0.3, -0.25) is 0 Å². The van der Waals surface area contributed by atoms with Gasteiger partial charge in [-0.05, 0) is 37.6 Å². The molecule has 1 aromatic heterocycles. The van der Waals surface area contributed by atoms with Gasteiger partial charge < -0.3 is 10.3 Å². The van der Waals surface area contributed by atoms with Crippen molar-refractivity contribution in [1.82, 2.24) is 10.1 Å². The van der Waals surface area contributed by atoms with E-state index < -0.39 is 0 Å². The van der Waals surface area contributed by atoms with E-state index >= 15 is 0 Å². The number of hydrogen-bond acceptors (Lipinski definition) is 4. The first-order chi connectivity index (χ1) is 7.29. The zero-order valence-corrected chi connectivity index (χ0v) is 8.60. The number of benzene rings is 1. The van der Waals surface area contributed by atoms with Gasteiger partial charge in [0.05, 0.1) is 0 Å². The van der Waals surface area contributed by atoms with Gasteiger partial charge in [0.15, 0.2) is 5.82 Å². The Balaban J connectivity index is 2.23. The molecule has 0 bridgehead atoms. The van der Waals surface area contributed by atoms with Gasteiger partial charge in [-0.2, -0.15) is 4.98 Å². The van der Waals surface area contributed by atoms with E-state index in [1.54, 1.807) is 6.92 Å². The lowest BCUT2D eigenvalue weighted by molar-refractivity contribution is 0.425. The lowest BCUT2D eigenvalue weighted by atomic mass is 10.1. The number of rotatable bonds is 3. The van der Waals surface area contributed by atoms with Gasteiger partial charge in [0, 0.05) is 5.56 Å². The predicted octanol–water partition coefficient (Wildman–Crippen LogP) is 1.55. The minimum atomic E-state index is 0.562. The van der Waals surface area contributed by atoms with Gasteiger partial charge in [-0.1, -0.05) is 17.3 Å². The fraction of sp³-hybridized carbons (Fsp3) is 0.273. The summed E-state index contributed by atoms with van der Waals surface area (Å²) in [6, 6.07) is 8.00. The quantitative estimate of drug-likeness (QED) is 0.821. The molecule has 0 amide bonds. The minimum absolute atomic E-state index is 0.562. The smallest absolute Gasteiger partial charge is 0.257 e. The van der Waals surface area contributed by atoms with Gasteiger partial charge in [0.25, 0.3) is 5.89 Å². The van der Waals surface area contributed by atoms with Crippen LogP contribution in [0.25, 0.3) is 11.5 Å². The van der Waals surface area contributed by atoms with Crippen LogP contribution >= 0.6 is 0 Å². The van der Waals surface area contributed by atoms with Crippen molar-refractivity contribution in [2.24, 2.45) is 5.73 Å². The Bertz CT molecular complexity index is 433. The standard InChI is InChI=1S/C11H13N3O/c1-8-13-11(15-14-8)10-4-2-9(3-5-10)6-7-12/h2-5H,6-7,12H2,1H3. The summed E-state index contributed by atoms with van der Waals surface area (Å²) in [5, 5.41) is 3.75. The van der Waals surface area contributed by atoms with Crippen molar-refractivity contribution in [2.75, 3.05) is 6.54 Å².